The molecular formula is C24H18ClF4N5O4. The van der Waals surface area contributed by atoms with Crippen LogP contribution in [0.4, 0.5) is 17.6 Å². The molecule has 2 heterocycles. The first-order chi connectivity index (χ1) is 18.0. The number of nitrogens with one attached hydrogen (secondary N) is 2. The van der Waals surface area contributed by atoms with E-state index < -0.39 is 46.9 Å². The lowest BCUT2D eigenvalue weighted by Crippen LogP contribution is -2.54. The van der Waals surface area contributed by atoms with Crippen LogP contribution >= 0.6 is 11.6 Å². The molecule has 0 aliphatic carbocycles. The monoisotopic (exact) mass is 551 g/mol. The fraction of sp³-hybridized carbons (Fsp3) is 0.250. The molecule has 38 heavy (non-hydrogen) atoms. The Morgan fingerprint density at radius 3 is 2.71 bits per heavy atom. The van der Waals surface area contributed by atoms with Crippen LogP contribution in [-0.4, -0.2) is 28.6 Å². The van der Waals surface area contributed by atoms with Gasteiger partial charge in [0.1, 0.15) is 5.75 Å². The molecule has 0 bridgehead atoms. The molecule has 0 saturated carbocycles. The van der Waals surface area contributed by atoms with Gasteiger partial charge in [-0.05, 0) is 30.7 Å². The lowest BCUT2D eigenvalue weighted by Gasteiger charge is -2.31. The second-order valence-corrected chi connectivity index (χ2v) is 8.69. The lowest BCUT2D eigenvalue weighted by atomic mass is 9.89. The number of nitriles is 1. The summed E-state index contributed by atoms with van der Waals surface area (Å²) in [6.07, 6.45) is -4.33. The molecule has 2 atom stereocenters. The number of hydrogen-bond donors (Lipinski definition) is 2. The average Bonchev–Trinajstić information content (AvgIpc) is 2.86. The van der Waals surface area contributed by atoms with E-state index in [4.69, 9.17) is 26.3 Å². The molecule has 1 aliphatic heterocycles. The minimum absolute atomic E-state index is 0.000599. The first-order valence-corrected chi connectivity index (χ1v) is 11.3. The van der Waals surface area contributed by atoms with E-state index in [0.29, 0.717) is 6.33 Å². The predicted octanol–water partition coefficient (Wildman–Crippen LogP) is 3.90. The zero-order chi connectivity index (χ0) is 27.6. The number of alkyl halides is 3. The Balaban J connectivity index is 1.66. The van der Waals surface area contributed by atoms with Crippen LogP contribution in [0.25, 0.3) is 0 Å². The minimum atomic E-state index is -5.03. The molecule has 2 unspecified atom stereocenters. The smallest absolute Gasteiger partial charge is 0.437 e. The summed E-state index contributed by atoms with van der Waals surface area (Å²) in [6, 6.07) is 8.94. The standard InChI is InChI=1S/C24H18ClF4N5O4/c1-37-18-4-2-3-16(19(18)26)17-8-14(32-33-22(17)35)10-34-11-31-21(24(27,28)29)20(23(34)36)38-15-6-12(9-30)5-13(25)7-15/h2-7,11,14,17,32H,8,10H2,1H3,(H,33,35). The third-order valence-electron chi connectivity index (χ3n) is 5.73. The van der Waals surface area contributed by atoms with Gasteiger partial charge in [-0.15, -0.1) is 0 Å². The SMILES string of the molecule is COc1cccc(C2CC(Cn3cnc(C(F)(F)F)c(Oc4cc(Cl)cc(C#N)c4)c3=O)NNC2=O)c1F. The second kappa shape index (κ2) is 10.7. The number of benzene rings is 2. The maximum absolute atomic E-state index is 14.8. The number of ether oxygens (including phenoxy) is 2. The van der Waals surface area contributed by atoms with Crippen molar-refractivity contribution in [2.24, 2.45) is 0 Å². The molecule has 3 aromatic rings. The van der Waals surface area contributed by atoms with Crippen LogP contribution in [0.15, 0.2) is 47.5 Å². The Morgan fingerprint density at radius 2 is 2.03 bits per heavy atom. The van der Waals surface area contributed by atoms with Gasteiger partial charge in [0.25, 0.3) is 5.56 Å². The van der Waals surface area contributed by atoms with Gasteiger partial charge in [0.05, 0.1) is 31.0 Å². The van der Waals surface area contributed by atoms with Crippen molar-refractivity contribution in [2.45, 2.75) is 31.1 Å². The molecule has 14 heteroatoms. The van der Waals surface area contributed by atoms with E-state index in [1.807, 2.05) is 0 Å². The number of methoxy groups -OCH3 is 1. The Bertz CT molecular complexity index is 1490. The van der Waals surface area contributed by atoms with Gasteiger partial charge < -0.3 is 9.47 Å². The topological polar surface area (TPSA) is 118 Å². The molecule has 2 aromatic carbocycles. The Morgan fingerprint density at radius 1 is 1.26 bits per heavy atom. The molecule has 1 amide bonds. The van der Waals surface area contributed by atoms with E-state index in [0.717, 1.165) is 16.7 Å². The highest BCUT2D eigenvalue weighted by Gasteiger charge is 2.39. The number of carbonyl (C=O) groups excluding carboxylic acids is 1. The third kappa shape index (κ3) is 5.56. The Hall–Kier alpha value is -4.15. The van der Waals surface area contributed by atoms with Crippen LogP contribution < -0.4 is 25.9 Å². The summed E-state index contributed by atoms with van der Waals surface area (Å²) in [6.45, 7) is -0.248. The van der Waals surface area contributed by atoms with E-state index in [1.165, 1.54) is 31.4 Å². The van der Waals surface area contributed by atoms with Crippen molar-refractivity contribution in [3.8, 4) is 23.3 Å². The van der Waals surface area contributed by atoms with Gasteiger partial charge in [-0.2, -0.15) is 18.4 Å². The molecule has 1 saturated heterocycles. The molecule has 1 aromatic heterocycles. The number of carbonyl (C=O) groups is 1. The normalized spacial score (nSPS) is 17.4. The molecular weight excluding hydrogens is 534 g/mol. The number of hydrogen-bond acceptors (Lipinski definition) is 7. The highest BCUT2D eigenvalue weighted by molar-refractivity contribution is 6.30. The summed E-state index contributed by atoms with van der Waals surface area (Å²) in [5, 5.41) is 9.11. The number of halogens is 5. The number of nitrogens with zero attached hydrogens (tertiary/aromatic N) is 3. The molecule has 0 radical (unpaired) electrons. The fourth-order valence-electron chi connectivity index (χ4n) is 3.99. The van der Waals surface area contributed by atoms with Crippen LogP contribution in [0.1, 0.15) is 29.2 Å². The van der Waals surface area contributed by atoms with E-state index in [-0.39, 0.29) is 40.6 Å². The van der Waals surface area contributed by atoms with Gasteiger partial charge >= 0.3 is 6.18 Å². The van der Waals surface area contributed by atoms with Crippen LogP contribution in [0.2, 0.25) is 5.02 Å². The maximum atomic E-state index is 14.8. The number of amides is 1. The van der Waals surface area contributed by atoms with Crippen molar-refractivity contribution in [2.75, 3.05) is 7.11 Å². The molecule has 198 valence electrons. The van der Waals surface area contributed by atoms with Crippen molar-refractivity contribution in [3.63, 3.8) is 0 Å². The third-order valence-corrected chi connectivity index (χ3v) is 5.95. The fourth-order valence-corrected chi connectivity index (χ4v) is 4.21. The number of rotatable bonds is 6. The molecule has 4 rings (SSSR count). The van der Waals surface area contributed by atoms with Crippen LogP contribution in [0, 0.1) is 17.1 Å². The minimum Gasteiger partial charge on any atom is -0.494 e. The zero-order valence-electron chi connectivity index (χ0n) is 19.5. The summed E-state index contributed by atoms with van der Waals surface area (Å²) < 4.78 is 66.9. The van der Waals surface area contributed by atoms with Gasteiger partial charge in [0, 0.05) is 23.2 Å². The summed E-state index contributed by atoms with van der Waals surface area (Å²) in [7, 11) is 1.28. The quantitative estimate of drug-likeness (QED) is 0.446. The summed E-state index contributed by atoms with van der Waals surface area (Å²) in [4.78, 5) is 29.0. The molecule has 1 aliphatic rings. The van der Waals surface area contributed by atoms with Gasteiger partial charge in [-0.25, -0.2) is 14.8 Å². The second-order valence-electron chi connectivity index (χ2n) is 8.25. The number of aromatic nitrogens is 2. The van der Waals surface area contributed by atoms with Crippen LogP contribution in [0.3, 0.4) is 0 Å². The highest BCUT2D eigenvalue weighted by atomic mass is 35.5. The van der Waals surface area contributed by atoms with E-state index in [1.54, 1.807) is 6.07 Å². The highest BCUT2D eigenvalue weighted by Crippen LogP contribution is 2.35. The first kappa shape index (κ1) is 26.9. The first-order valence-electron chi connectivity index (χ1n) is 10.9. The zero-order valence-corrected chi connectivity index (χ0v) is 20.2. The van der Waals surface area contributed by atoms with Crippen molar-refractivity contribution in [1.82, 2.24) is 20.4 Å². The van der Waals surface area contributed by atoms with Crippen molar-refractivity contribution < 1.29 is 31.8 Å². The van der Waals surface area contributed by atoms with E-state index >= 15 is 0 Å². The number of hydrazine groups is 1. The van der Waals surface area contributed by atoms with E-state index in [9.17, 15) is 27.2 Å². The van der Waals surface area contributed by atoms with Crippen LogP contribution in [0.5, 0.6) is 17.2 Å². The summed E-state index contributed by atoms with van der Waals surface area (Å²) in [5.41, 5.74) is 2.40. The maximum Gasteiger partial charge on any atom is 0.437 e. The van der Waals surface area contributed by atoms with Crippen molar-refractivity contribution in [3.05, 3.63) is 80.7 Å². The average molecular weight is 552 g/mol. The lowest BCUT2D eigenvalue weighted by molar-refractivity contribution is -0.142. The van der Waals surface area contributed by atoms with Gasteiger partial charge in [0.2, 0.25) is 11.7 Å². The predicted molar refractivity (Wildman–Crippen MR) is 125 cm³/mol. The van der Waals surface area contributed by atoms with Gasteiger partial charge in [0.15, 0.2) is 17.3 Å². The molecule has 0 spiro atoms. The van der Waals surface area contributed by atoms with Crippen molar-refractivity contribution >= 4 is 17.5 Å². The Kier molecular flexibility index (Phi) is 7.56. The molecule has 9 nitrogen and oxygen atoms in total. The van der Waals surface area contributed by atoms with Crippen LogP contribution in [-0.2, 0) is 17.5 Å². The van der Waals surface area contributed by atoms with Gasteiger partial charge in [-0.3, -0.25) is 19.6 Å². The van der Waals surface area contributed by atoms with Gasteiger partial charge in [-0.1, -0.05) is 23.7 Å². The summed E-state index contributed by atoms with van der Waals surface area (Å²) >= 11 is 5.90. The largest absolute Gasteiger partial charge is 0.494 e. The molecule has 2 N–H and O–H groups in total. The summed E-state index contributed by atoms with van der Waals surface area (Å²) in [5.74, 6) is -3.69. The Labute approximate surface area is 217 Å². The van der Waals surface area contributed by atoms with Crippen molar-refractivity contribution in [1.29, 1.82) is 5.26 Å². The molecule has 1 fully saturated rings. The van der Waals surface area contributed by atoms with E-state index in [2.05, 4.69) is 15.8 Å².